The third kappa shape index (κ3) is 6.18. The summed E-state index contributed by atoms with van der Waals surface area (Å²) in [5.41, 5.74) is 2.20. The molecule has 2 rings (SSSR count). The van der Waals surface area contributed by atoms with Crippen LogP contribution in [0.3, 0.4) is 0 Å². The Morgan fingerprint density at radius 1 is 1.09 bits per heavy atom. The Balaban J connectivity index is 2.05. The highest BCUT2D eigenvalue weighted by molar-refractivity contribution is 7.80. The van der Waals surface area contributed by atoms with Crippen molar-refractivity contribution < 1.29 is 4.90 Å². The Bertz CT molecular complexity index is 614. The Hall–Kier alpha value is -1.62. The molecule has 0 aliphatic rings. The molecule has 0 aliphatic heterocycles. The monoisotopic (exact) mass is 348 g/mol. The van der Waals surface area contributed by atoms with E-state index >= 15 is 0 Å². The zero-order valence-corrected chi connectivity index (χ0v) is 15.1. The van der Waals surface area contributed by atoms with Gasteiger partial charge in [0.25, 0.3) is 0 Å². The van der Waals surface area contributed by atoms with E-state index in [1.165, 1.54) is 10.5 Å². The molecule has 0 heterocycles. The van der Waals surface area contributed by atoms with Crippen LogP contribution in [0.1, 0.15) is 5.56 Å². The number of hydrogen-bond acceptors (Lipinski definition) is 1. The smallest absolute Gasteiger partial charge is 0.173 e. The summed E-state index contributed by atoms with van der Waals surface area (Å²) in [5, 5.41) is 4.76. The topological polar surface area (TPSA) is 19.7 Å². The maximum atomic E-state index is 5.93. The standard InChI is InChI=1S/C18H22ClN3S/c1-21(2)12-13-22(14-15-6-4-3-5-7-15)18(23)20-17-10-8-16(19)9-11-17/h3-11H,12-14H2,1-2H3,(H,20,23)/p+1. The largest absolute Gasteiger partial charge is 0.339 e. The van der Waals surface area contributed by atoms with Gasteiger partial charge in [-0.05, 0) is 42.0 Å². The lowest BCUT2D eigenvalue weighted by molar-refractivity contribution is -0.857. The highest BCUT2D eigenvalue weighted by Crippen LogP contribution is 2.14. The van der Waals surface area contributed by atoms with Gasteiger partial charge in [0, 0.05) is 17.3 Å². The molecule has 0 saturated heterocycles. The highest BCUT2D eigenvalue weighted by Gasteiger charge is 2.12. The van der Waals surface area contributed by atoms with Crippen LogP contribution in [0.2, 0.25) is 5.02 Å². The molecule has 0 atom stereocenters. The number of quaternary nitrogens is 1. The lowest BCUT2D eigenvalue weighted by Gasteiger charge is -2.26. The molecule has 2 aromatic rings. The molecule has 0 bridgehead atoms. The van der Waals surface area contributed by atoms with Gasteiger partial charge in [-0.1, -0.05) is 41.9 Å². The number of halogens is 1. The van der Waals surface area contributed by atoms with Crippen LogP contribution in [0, 0.1) is 0 Å². The van der Waals surface area contributed by atoms with E-state index in [0.717, 1.165) is 35.5 Å². The summed E-state index contributed by atoms with van der Waals surface area (Å²) >= 11 is 11.5. The maximum Gasteiger partial charge on any atom is 0.173 e. The van der Waals surface area contributed by atoms with Gasteiger partial charge in [0.2, 0.25) is 0 Å². The molecular formula is C18H23ClN3S+. The highest BCUT2D eigenvalue weighted by atomic mass is 35.5. The van der Waals surface area contributed by atoms with Gasteiger partial charge in [0.15, 0.2) is 5.11 Å². The van der Waals surface area contributed by atoms with Gasteiger partial charge in [0.05, 0.1) is 27.2 Å². The quantitative estimate of drug-likeness (QED) is 0.783. The van der Waals surface area contributed by atoms with Gasteiger partial charge < -0.3 is 15.1 Å². The van der Waals surface area contributed by atoms with Crippen LogP contribution in [-0.4, -0.2) is 37.2 Å². The SMILES string of the molecule is C[NH+](C)CCN(Cc1ccccc1)C(=S)Nc1ccc(Cl)cc1. The van der Waals surface area contributed by atoms with Gasteiger partial charge in [0.1, 0.15) is 0 Å². The van der Waals surface area contributed by atoms with Gasteiger partial charge in [-0.15, -0.1) is 0 Å². The van der Waals surface area contributed by atoms with Crippen molar-refractivity contribution in [3.8, 4) is 0 Å². The summed E-state index contributed by atoms with van der Waals surface area (Å²) in [6.45, 7) is 2.72. The van der Waals surface area contributed by atoms with Crippen molar-refractivity contribution in [1.82, 2.24) is 4.90 Å². The summed E-state index contributed by atoms with van der Waals surface area (Å²) < 4.78 is 0. The van der Waals surface area contributed by atoms with Crippen LogP contribution in [0.5, 0.6) is 0 Å². The molecule has 122 valence electrons. The Kier molecular flexibility index (Phi) is 6.84. The molecule has 0 unspecified atom stereocenters. The summed E-state index contributed by atoms with van der Waals surface area (Å²) in [6.07, 6.45) is 0. The molecule has 0 radical (unpaired) electrons. The van der Waals surface area contributed by atoms with Crippen molar-refractivity contribution in [2.75, 3.05) is 32.5 Å². The first kappa shape index (κ1) is 17.7. The molecule has 3 nitrogen and oxygen atoms in total. The normalized spacial score (nSPS) is 10.6. The lowest BCUT2D eigenvalue weighted by atomic mass is 10.2. The van der Waals surface area contributed by atoms with Crippen LogP contribution < -0.4 is 10.2 Å². The number of benzene rings is 2. The average Bonchev–Trinajstić information content (AvgIpc) is 2.54. The average molecular weight is 349 g/mol. The molecule has 2 aromatic carbocycles. The zero-order valence-electron chi connectivity index (χ0n) is 13.6. The first-order valence-electron chi connectivity index (χ1n) is 7.69. The van der Waals surface area contributed by atoms with Gasteiger partial charge in [-0.2, -0.15) is 0 Å². The Labute approximate surface area is 148 Å². The Morgan fingerprint density at radius 2 is 1.74 bits per heavy atom. The first-order chi connectivity index (χ1) is 11.0. The molecule has 0 spiro atoms. The van der Waals surface area contributed by atoms with Gasteiger partial charge in [-0.3, -0.25) is 0 Å². The van der Waals surface area contributed by atoms with E-state index < -0.39 is 0 Å². The molecule has 5 heteroatoms. The first-order valence-corrected chi connectivity index (χ1v) is 8.47. The van der Waals surface area contributed by atoms with Gasteiger partial charge in [-0.25, -0.2) is 0 Å². The van der Waals surface area contributed by atoms with Crippen LogP contribution >= 0.6 is 23.8 Å². The second-order valence-electron chi connectivity index (χ2n) is 5.80. The number of rotatable bonds is 6. The molecule has 0 saturated carbocycles. The Morgan fingerprint density at radius 3 is 2.35 bits per heavy atom. The maximum absolute atomic E-state index is 5.93. The number of likely N-dealkylation sites (N-methyl/N-ethyl adjacent to an activating group) is 1. The molecule has 0 aromatic heterocycles. The van der Waals surface area contributed by atoms with E-state index in [1.807, 2.05) is 30.3 Å². The number of anilines is 1. The summed E-state index contributed by atoms with van der Waals surface area (Å²) in [6, 6.07) is 18.0. The fraction of sp³-hybridized carbons (Fsp3) is 0.278. The number of nitrogens with one attached hydrogen (secondary N) is 2. The van der Waals surface area contributed by atoms with Crippen molar-refractivity contribution in [2.45, 2.75) is 6.54 Å². The molecule has 0 fully saturated rings. The van der Waals surface area contributed by atoms with E-state index in [2.05, 4.69) is 48.6 Å². The third-order valence-corrected chi connectivity index (χ3v) is 4.09. The van der Waals surface area contributed by atoms with Crippen molar-refractivity contribution in [1.29, 1.82) is 0 Å². The molecule has 0 amide bonds. The fourth-order valence-corrected chi connectivity index (χ4v) is 2.55. The second-order valence-corrected chi connectivity index (χ2v) is 6.62. The molecule has 2 N–H and O–H groups in total. The number of nitrogens with zero attached hydrogens (tertiary/aromatic N) is 1. The van der Waals surface area contributed by atoms with E-state index in [-0.39, 0.29) is 0 Å². The predicted octanol–water partition coefficient (Wildman–Crippen LogP) is 2.68. The fourth-order valence-electron chi connectivity index (χ4n) is 2.15. The lowest BCUT2D eigenvalue weighted by Crippen LogP contribution is -3.06. The summed E-state index contributed by atoms with van der Waals surface area (Å²) in [5.74, 6) is 0. The summed E-state index contributed by atoms with van der Waals surface area (Å²) in [7, 11) is 4.30. The van der Waals surface area contributed by atoms with E-state index in [9.17, 15) is 0 Å². The van der Waals surface area contributed by atoms with Crippen molar-refractivity contribution in [2.24, 2.45) is 0 Å². The van der Waals surface area contributed by atoms with Crippen LogP contribution in [0.4, 0.5) is 5.69 Å². The molecule has 23 heavy (non-hydrogen) atoms. The molecular weight excluding hydrogens is 326 g/mol. The van der Waals surface area contributed by atoms with E-state index in [1.54, 1.807) is 0 Å². The van der Waals surface area contributed by atoms with Crippen LogP contribution in [0.25, 0.3) is 0 Å². The minimum Gasteiger partial charge on any atom is -0.339 e. The zero-order chi connectivity index (χ0) is 16.7. The number of thiocarbonyl (C=S) groups is 1. The minimum atomic E-state index is 0.721. The van der Waals surface area contributed by atoms with Crippen molar-refractivity contribution >= 4 is 34.6 Å². The van der Waals surface area contributed by atoms with E-state index in [4.69, 9.17) is 23.8 Å². The minimum absolute atomic E-state index is 0.721. The van der Waals surface area contributed by atoms with E-state index in [0.29, 0.717) is 0 Å². The second kappa shape index (κ2) is 8.87. The van der Waals surface area contributed by atoms with Crippen molar-refractivity contribution in [3.05, 3.63) is 65.2 Å². The predicted molar refractivity (Wildman–Crippen MR) is 102 cm³/mol. The number of hydrogen-bond donors (Lipinski definition) is 2. The van der Waals surface area contributed by atoms with Crippen LogP contribution in [-0.2, 0) is 6.54 Å². The summed E-state index contributed by atoms with van der Waals surface area (Å²) in [4.78, 5) is 3.60. The molecule has 0 aliphatic carbocycles. The van der Waals surface area contributed by atoms with Gasteiger partial charge >= 0.3 is 0 Å². The third-order valence-electron chi connectivity index (χ3n) is 3.48. The van der Waals surface area contributed by atoms with Crippen molar-refractivity contribution in [3.63, 3.8) is 0 Å². The van der Waals surface area contributed by atoms with Crippen LogP contribution in [0.15, 0.2) is 54.6 Å².